The summed E-state index contributed by atoms with van der Waals surface area (Å²) in [6.45, 7) is 5.04. The summed E-state index contributed by atoms with van der Waals surface area (Å²) >= 11 is 0. The van der Waals surface area contributed by atoms with Gasteiger partial charge in [0, 0.05) is 24.8 Å². The Kier molecular flexibility index (Phi) is 5.08. The second-order valence-electron chi connectivity index (χ2n) is 5.25. The second kappa shape index (κ2) is 6.64. The van der Waals surface area contributed by atoms with Crippen LogP contribution in [0.4, 0.5) is 11.4 Å². The van der Waals surface area contributed by atoms with Crippen LogP contribution in [0.1, 0.15) is 19.8 Å². The number of hydrogen-bond acceptors (Lipinski definition) is 5. The van der Waals surface area contributed by atoms with Crippen molar-refractivity contribution in [3.8, 4) is 0 Å². The normalized spacial score (nSPS) is 15.4. The molecule has 0 aromatic heterocycles. The Balaban J connectivity index is 1.94. The third-order valence-electron chi connectivity index (χ3n) is 3.77. The highest BCUT2D eigenvalue weighted by atomic mass is 32.2. The molecule has 0 amide bonds. The van der Waals surface area contributed by atoms with Gasteiger partial charge in [-0.25, -0.2) is 13.1 Å². The Labute approximate surface area is 126 Å². The van der Waals surface area contributed by atoms with Crippen LogP contribution in [0.2, 0.25) is 0 Å². The molecule has 1 fully saturated rings. The van der Waals surface area contributed by atoms with Crippen molar-refractivity contribution in [3.63, 3.8) is 0 Å². The molecule has 0 unspecified atom stereocenters. The number of nitrogens with zero attached hydrogens (tertiary/aromatic N) is 1. The van der Waals surface area contributed by atoms with E-state index in [1.54, 1.807) is 12.1 Å². The lowest BCUT2D eigenvalue weighted by molar-refractivity contribution is 0.289. The Morgan fingerprint density at radius 3 is 2.62 bits per heavy atom. The molecule has 0 saturated heterocycles. The van der Waals surface area contributed by atoms with Crippen LogP contribution in [0.5, 0.6) is 0 Å². The molecule has 4 N–H and O–H groups in total. The zero-order valence-electron chi connectivity index (χ0n) is 12.6. The fourth-order valence-corrected chi connectivity index (χ4v) is 3.23. The van der Waals surface area contributed by atoms with E-state index in [1.807, 2.05) is 0 Å². The smallest absolute Gasteiger partial charge is 0.242 e. The van der Waals surface area contributed by atoms with Crippen molar-refractivity contribution in [1.82, 2.24) is 9.62 Å². The predicted molar refractivity (Wildman–Crippen MR) is 85.9 cm³/mol. The molecule has 1 aliphatic carbocycles. The van der Waals surface area contributed by atoms with Crippen molar-refractivity contribution in [2.45, 2.75) is 30.7 Å². The average molecular weight is 312 g/mol. The molecule has 0 spiro atoms. The molecular weight excluding hydrogens is 288 g/mol. The monoisotopic (exact) mass is 312 g/mol. The molecule has 21 heavy (non-hydrogen) atoms. The number of rotatable bonds is 8. The van der Waals surface area contributed by atoms with E-state index < -0.39 is 10.0 Å². The number of hydrogen-bond donors (Lipinski definition) is 3. The summed E-state index contributed by atoms with van der Waals surface area (Å²) in [5.74, 6) is 0. The maximum absolute atomic E-state index is 11.7. The van der Waals surface area contributed by atoms with Gasteiger partial charge in [0.2, 0.25) is 10.0 Å². The molecule has 0 bridgehead atoms. The van der Waals surface area contributed by atoms with Crippen LogP contribution in [0.15, 0.2) is 23.1 Å². The third kappa shape index (κ3) is 4.09. The van der Waals surface area contributed by atoms with E-state index in [2.05, 4.69) is 21.9 Å². The van der Waals surface area contributed by atoms with Crippen LogP contribution in [0, 0.1) is 0 Å². The zero-order valence-corrected chi connectivity index (χ0v) is 13.4. The summed E-state index contributed by atoms with van der Waals surface area (Å²) in [6, 6.07) is 5.69. The maximum Gasteiger partial charge on any atom is 0.242 e. The lowest BCUT2D eigenvalue weighted by Crippen LogP contribution is -2.30. The first-order chi connectivity index (χ1) is 9.97. The molecule has 1 aliphatic rings. The number of nitrogens with two attached hydrogens (primary N) is 1. The summed E-state index contributed by atoms with van der Waals surface area (Å²) in [4.78, 5) is 2.57. The predicted octanol–water partition coefficient (Wildman–Crippen LogP) is 1.07. The number of sulfonamides is 1. The SMILES string of the molecule is CCN(CCNc1ccc(S(=O)(=O)NC)c(N)c1)C1CC1. The van der Waals surface area contributed by atoms with Crippen LogP contribution in [-0.4, -0.2) is 46.0 Å². The minimum Gasteiger partial charge on any atom is -0.398 e. The van der Waals surface area contributed by atoms with E-state index in [9.17, 15) is 8.42 Å². The highest BCUT2D eigenvalue weighted by Crippen LogP contribution is 2.26. The van der Waals surface area contributed by atoms with Crippen LogP contribution >= 0.6 is 0 Å². The van der Waals surface area contributed by atoms with Crippen molar-refractivity contribution in [2.75, 3.05) is 37.7 Å². The molecule has 0 atom stereocenters. The van der Waals surface area contributed by atoms with Crippen LogP contribution in [0.3, 0.4) is 0 Å². The first kappa shape index (κ1) is 16.1. The molecule has 1 saturated carbocycles. The van der Waals surface area contributed by atoms with Gasteiger partial charge in [0.25, 0.3) is 0 Å². The summed E-state index contributed by atoms with van der Waals surface area (Å²) in [5, 5.41) is 3.29. The van der Waals surface area contributed by atoms with E-state index in [-0.39, 0.29) is 10.6 Å². The first-order valence-electron chi connectivity index (χ1n) is 7.29. The standard InChI is InChI=1S/C14H24N4O2S/c1-3-18(12-5-6-12)9-8-17-11-4-7-14(13(15)10-11)21(19,20)16-2/h4,7,10,12,16-17H,3,5-6,8-9,15H2,1-2H3. The largest absolute Gasteiger partial charge is 0.398 e. The number of benzene rings is 1. The second-order valence-corrected chi connectivity index (χ2v) is 7.10. The Hall–Kier alpha value is -1.31. The average Bonchev–Trinajstić information content (AvgIpc) is 3.28. The summed E-state index contributed by atoms with van der Waals surface area (Å²) in [5.41, 5.74) is 6.93. The molecule has 118 valence electrons. The molecule has 6 nitrogen and oxygen atoms in total. The zero-order chi connectivity index (χ0) is 15.5. The number of nitrogen functional groups attached to an aromatic ring is 1. The van der Waals surface area contributed by atoms with Crippen LogP contribution in [-0.2, 0) is 10.0 Å². The quantitative estimate of drug-likeness (QED) is 0.625. The molecular formula is C14H24N4O2S. The van der Waals surface area contributed by atoms with E-state index >= 15 is 0 Å². The first-order valence-corrected chi connectivity index (χ1v) is 8.77. The Morgan fingerprint density at radius 2 is 2.10 bits per heavy atom. The fourth-order valence-electron chi connectivity index (χ4n) is 2.40. The topological polar surface area (TPSA) is 87.5 Å². The minimum atomic E-state index is -3.50. The Morgan fingerprint density at radius 1 is 1.38 bits per heavy atom. The number of anilines is 2. The van der Waals surface area contributed by atoms with Gasteiger partial charge in [0.1, 0.15) is 4.90 Å². The van der Waals surface area contributed by atoms with Gasteiger partial charge in [-0.3, -0.25) is 4.90 Å². The van der Waals surface area contributed by atoms with Crippen molar-refractivity contribution in [2.24, 2.45) is 0 Å². The van der Waals surface area contributed by atoms with Gasteiger partial charge in [-0.15, -0.1) is 0 Å². The highest BCUT2D eigenvalue weighted by Gasteiger charge is 2.27. The van der Waals surface area contributed by atoms with Gasteiger partial charge >= 0.3 is 0 Å². The van der Waals surface area contributed by atoms with Gasteiger partial charge in [-0.1, -0.05) is 6.92 Å². The molecule has 1 aromatic carbocycles. The summed E-state index contributed by atoms with van der Waals surface area (Å²) < 4.78 is 25.7. The molecule has 7 heteroatoms. The molecule has 0 radical (unpaired) electrons. The lowest BCUT2D eigenvalue weighted by atomic mass is 10.3. The summed E-state index contributed by atoms with van der Waals surface area (Å²) in [7, 11) is -2.12. The van der Waals surface area contributed by atoms with Crippen molar-refractivity contribution in [3.05, 3.63) is 18.2 Å². The minimum absolute atomic E-state index is 0.115. The number of nitrogens with one attached hydrogen (secondary N) is 2. The van der Waals surface area contributed by atoms with E-state index in [4.69, 9.17) is 5.73 Å². The van der Waals surface area contributed by atoms with E-state index in [1.165, 1.54) is 26.0 Å². The molecule has 2 rings (SSSR count). The molecule has 0 aliphatic heterocycles. The fraction of sp³-hybridized carbons (Fsp3) is 0.571. The van der Waals surface area contributed by atoms with Gasteiger partial charge in [-0.05, 0) is 44.6 Å². The third-order valence-corrected chi connectivity index (χ3v) is 5.25. The highest BCUT2D eigenvalue weighted by molar-refractivity contribution is 7.89. The van der Waals surface area contributed by atoms with E-state index in [0.717, 1.165) is 31.4 Å². The van der Waals surface area contributed by atoms with Gasteiger partial charge in [0.05, 0.1) is 5.69 Å². The molecule has 0 heterocycles. The lowest BCUT2D eigenvalue weighted by Gasteiger charge is -2.20. The van der Waals surface area contributed by atoms with E-state index in [0.29, 0.717) is 0 Å². The summed E-state index contributed by atoms with van der Waals surface area (Å²) in [6.07, 6.45) is 2.61. The van der Waals surface area contributed by atoms with Gasteiger partial charge < -0.3 is 11.1 Å². The van der Waals surface area contributed by atoms with Gasteiger partial charge in [0.15, 0.2) is 0 Å². The van der Waals surface area contributed by atoms with Crippen molar-refractivity contribution >= 4 is 21.4 Å². The van der Waals surface area contributed by atoms with Crippen molar-refractivity contribution < 1.29 is 8.42 Å². The number of likely N-dealkylation sites (N-methyl/N-ethyl adjacent to an activating group) is 1. The Bertz CT molecular complexity index is 585. The maximum atomic E-state index is 11.7. The van der Waals surface area contributed by atoms with Crippen molar-refractivity contribution in [1.29, 1.82) is 0 Å². The van der Waals surface area contributed by atoms with Crippen LogP contribution < -0.4 is 15.8 Å². The van der Waals surface area contributed by atoms with Crippen LogP contribution in [0.25, 0.3) is 0 Å². The molecule has 1 aromatic rings. The van der Waals surface area contributed by atoms with Gasteiger partial charge in [-0.2, -0.15) is 0 Å².